The molecule has 0 aliphatic rings. The second kappa shape index (κ2) is 11.6. The molecule has 0 heterocycles. The van der Waals surface area contributed by atoms with Gasteiger partial charge in [-0.3, -0.25) is 4.79 Å². The van der Waals surface area contributed by atoms with Crippen molar-refractivity contribution in [2.75, 3.05) is 10.6 Å². The van der Waals surface area contributed by atoms with Crippen molar-refractivity contribution in [3.05, 3.63) is 54.1 Å². The first kappa shape index (κ1) is 25.5. The number of alkyl halides is 3. The van der Waals surface area contributed by atoms with Crippen molar-refractivity contribution in [1.82, 2.24) is 0 Å². The molecule has 2 aromatic carbocycles. The van der Waals surface area contributed by atoms with Crippen LogP contribution < -0.4 is 21.1 Å². The number of hydrogen-bond donors (Lipinski definition) is 3. The van der Waals surface area contributed by atoms with E-state index in [1.165, 1.54) is 24.3 Å². The number of nitrogens with two attached hydrogens (primary N) is 1. The van der Waals surface area contributed by atoms with Gasteiger partial charge < -0.3 is 21.1 Å². The molecule has 1 amide bonds. The van der Waals surface area contributed by atoms with Crippen LogP contribution in [0.5, 0.6) is 5.75 Å². The van der Waals surface area contributed by atoms with E-state index in [4.69, 9.17) is 5.73 Å². The Bertz CT molecular complexity index is 858. The lowest BCUT2D eigenvalue weighted by molar-refractivity contribution is -0.274. The summed E-state index contributed by atoms with van der Waals surface area (Å²) in [5.41, 5.74) is 7.81. The Morgan fingerprint density at radius 3 is 2.40 bits per heavy atom. The summed E-state index contributed by atoms with van der Waals surface area (Å²) in [4.78, 5) is 16.2. The second-order valence-corrected chi connectivity index (χ2v) is 6.40. The van der Waals surface area contributed by atoms with Gasteiger partial charge in [-0.2, -0.15) is 0 Å². The van der Waals surface area contributed by atoms with Crippen LogP contribution in [0.25, 0.3) is 0 Å². The van der Waals surface area contributed by atoms with Crippen LogP contribution in [0.1, 0.15) is 25.8 Å². The lowest BCUT2D eigenvalue weighted by atomic mass is 10.1. The highest BCUT2D eigenvalue weighted by molar-refractivity contribution is 14.0. The van der Waals surface area contributed by atoms with E-state index < -0.39 is 6.36 Å². The number of guanidine groups is 1. The van der Waals surface area contributed by atoms with Crippen LogP contribution in [0.2, 0.25) is 0 Å². The number of carbonyl (C=O) groups is 1. The van der Waals surface area contributed by atoms with Crippen molar-refractivity contribution in [1.29, 1.82) is 0 Å². The minimum atomic E-state index is -4.74. The van der Waals surface area contributed by atoms with Gasteiger partial charge in [0.25, 0.3) is 0 Å². The van der Waals surface area contributed by atoms with Gasteiger partial charge in [-0.25, -0.2) is 4.99 Å². The molecule has 0 saturated heterocycles. The Morgan fingerprint density at radius 1 is 1.13 bits per heavy atom. The largest absolute Gasteiger partial charge is 0.573 e. The summed E-state index contributed by atoms with van der Waals surface area (Å²) in [6.07, 6.45) is -3.99. The normalized spacial score (nSPS) is 12.5. The summed E-state index contributed by atoms with van der Waals surface area (Å²) in [6.45, 7) is 4.07. The maximum absolute atomic E-state index is 12.2. The first-order valence-electron chi connectivity index (χ1n) is 8.99. The molecule has 2 rings (SSSR count). The Morgan fingerprint density at radius 2 is 1.80 bits per heavy atom. The molecule has 2 aromatic rings. The third-order valence-corrected chi connectivity index (χ3v) is 4.05. The van der Waals surface area contributed by atoms with Crippen molar-refractivity contribution >= 4 is 47.2 Å². The molecule has 0 aliphatic carbocycles. The van der Waals surface area contributed by atoms with Crippen LogP contribution >= 0.6 is 24.0 Å². The maximum atomic E-state index is 12.2. The van der Waals surface area contributed by atoms with Crippen LogP contribution in [-0.2, 0) is 11.3 Å². The molecule has 10 heteroatoms. The summed E-state index contributed by atoms with van der Waals surface area (Å²) in [6, 6.07) is 12.4. The molecule has 164 valence electrons. The fraction of sp³-hybridized carbons (Fsp3) is 0.300. The van der Waals surface area contributed by atoms with Gasteiger partial charge in [0.1, 0.15) is 5.75 Å². The van der Waals surface area contributed by atoms with Crippen molar-refractivity contribution in [3.8, 4) is 5.75 Å². The molecule has 1 atom stereocenters. The molecule has 0 radical (unpaired) electrons. The highest BCUT2D eigenvalue weighted by Gasteiger charge is 2.30. The standard InChI is InChI=1S/C20H23F3N4O2.HI/c1-3-13(2)18(28)26-16-6-4-5-14(11-16)12-25-19(24)27-15-7-9-17(10-8-15)29-20(21,22)23;/h4-11,13H,3,12H2,1-2H3,(H,26,28)(H3,24,25,27);1H. The Balaban J connectivity index is 0.00000450. The summed E-state index contributed by atoms with van der Waals surface area (Å²) in [7, 11) is 0. The first-order chi connectivity index (χ1) is 13.7. The molecule has 1 unspecified atom stereocenters. The second-order valence-electron chi connectivity index (χ2n) is 6.40. The van der Waals surface area contributed by atoms with E-state index in [1.807, 2.05) is 19.9 Å². The van der Waals surface area contributed by atoms with Gasteiger partial charge in [0, 0.05) is 17.3 Å². The summed E-state index contributed by atoms with van der Waals surface area (Å²) in [5.74, 6) is -0.352. The SMILES string of the molecule is CCC(C)C(=O)Nc1cccc(CN=C(N)Nc2ccc(OC(F)(F)F)cc2)c1.I. The zero-order valence-corrected chi connectivity index (χ0v) is 18.8. The predicted molar refractivity (Wildman–Crippen MR) is 122 cm³/mol. The van der Waals surface area contributed by atoms with Crippen LogP contribution in [0, 0.1) is 5.92 Å². The fourth-order valence-electron chi connectivity index (χ4n) is 2.30. The molecule has 0 fully saturated rings. The van der Waals surface area contributed by atoms with E-state index in [0.29, 0.717) is 11.4 Å². The Labute approximate surface area is 190 Å². The zero-order valence-electron chi connectivity index (χ0n) is 16.5. The van der Waals surface area contributed by atoms with Gasteiger partial charge in [-0.1, -0.05) is 26.0 Å². The predicted octanol–water partition coefficient (Wildman–Crippen LogP) is 5.11. The molecular weight excluding hydrogens is 512 g/mol. The number of carbonyl (C=O) groups excluding carboxylic acids is 1. The number of ether oxygens (including phenoxy) is 1. The van der Waals surface area contributed by atoms with Gasteiger partial charge in [0.2, 0.25) is 5.91 Å². The highest BCUT2D eigenvalue weighted by Crippen LogP contribution is 2.23. The Hall–Kier alpha value is -2.50. The van der Waals surface area contributed by atoms with Crippen molar-refractivity contribution < 1.29 is 22.7 Å². The van der Waals surface area contributed by atoms with E-state index in [1.54, 1.807) is 18.2 Å². The first-order valence-corrected chi connectivity index (χ1v) is 8.99. The topological polar surface area (TPSA) is 88.7 Å². The van der Waals surface area contributed by atoms with Crippen molar-refractivity contribution in [2.24, 2.45) is 16.6 Å². The lowest BCUT2D eigenvalue weighted by Crippen LogP contribution is -2.22. The minimum Gasteiger partial charge on any atom is -0.406 e. The maximum Gasteiger partial charge on any atom is 0.573 e. The monoisotopic (exact) mass is 536 g/mol. The third kappa shape index (κ3) is 8.89. The number of benzene rings is 2. The van der Waals surface area contributed by atoms with E-state index in [-0.39, 0.29) is 54.1 Å². The average molecular weight is 536 g/mol. The van der Waals surface area contributed by atoms with Crippen molar-refractivity contribution in [2.45, 2.75) is 33.2 Å². The highest BCUT2D eigenvalue weighted by atomic mass is 127. The summed E-state index contributed by atoms with van der Waals surface area (Å²) < 4.78 is 40.3. The van der Waals surface area contributed by atoms with Crippen LogP contribution in [0.3, 0.4) is 0 Å². The third-order valence-electron chi connectivity index (χ3n) is 4.05. The molecule has 0 spiro atoms. The van der Waals surface area contributed by atoms with Gasteiger partial charge in [-0.15, -0.1) is 37.1 Å². The summed E-state index contributed by atoms with van der Waals surface area (Å²) in [5, 5.41) is 5.65. The molecule has 6 nitrogen and oxygen atoms in total. The number of halogens is 4. The average Bonchev–Trinajstić information content (AvgIpc) is 2.66. The number of anilines is 2. The number of hydrogen-bond acceptors (Lipinski definition) is 3. The van der Waals surface area contributed by atoms with Crippen LogP contribution in [0.15, 0.2) is 53.5 Å². The lowest BCUT2D eigenvalue weighted by Gasteiger charge is -2.11. The number of nitrogens with zero attached hydrogens (tertiary/aromatic N) is 1. The minimum absolute atomic E-state index is 0. The molecule has 0 aromatic heterocycles. The van der Waals surface area contributed by atoms with E-state index in [9.17, 15) is 18.0 Å². The number of rotatable bonds is 7. The summed E-state index contributed by atoms with van der Waals surface area (Å²) >= 11 is 0. The van der Waals surface area contributed by atoms with Crippen molar-refractivity contribution in [3.63, 3.8) is 0 Å². The van der Waals surface area contributed by atoms with Gasteiger partial charge in [0.15, 0.2) is 5.96 Å². The Kier molecular flexibility index (Phi) is 9.90. The van der Waals surface area contributed by atoms with E-state index in [2.05, 4.69) is 20.4 Å². The number of amides is 1. The molecule has 30 heavy (non-hydrogen) atoms. The van der Waals surface area contributed by atoms with Crippen LogP contribution in [0.4, 0.5) is 24.5 Å². The molecule has 0 saturated carbocycles. The molecule has 0 bridgehead atoms. The zero-order chi connectivity index (χ0) is 21.4. The van der Waals surface area contributed by atoms with E-state index in [0.717, 1.165) is 12.0 Å². The number of aliphatic imine (C=N–C) groups is 1. The fourth-order valence-corrected chi connectivity index (χ4v) is 2.30. The van der Waals surface area contributed by atoms with E-state index >= 15 is 0 Å². The molecule has 4 N–H and O–H groups in total. The van der Waals surface area contributed by atoms with Crippen LogP contribution in [-0.4, -0.2) is 18.2 Å². The molecular formula is C20H24F3IN4O2. The van der Waals surface area contributed by atoms with Gasteiger partial charge in [0.05, 0.1) is 6.54 Å². The quantitative estimate of drug-likeness (QED) is 0.261. The molecule has 0 aliphatic heterocycles. The van der Waals surface area contributed by atoms with Gasteiger partial charge in [-0.05, 0) is 48.4 Å². The number of nitrogens with one attached hydrogen (secondary N) is 2. The smallest absolute Gasteiger partial charge is 0.406 e. The van der Waals surface area contributed by atoms with Gasteiger partial charge >= 0.3 is 6.36 Å².